The number of rotatable bonds is 10. The molecule has 0 radical (unpaired) electrons. The molecular weight excluding hydrogens is 538 g/mol. The number of hydrogen-bond acceptors (Lipinski definition) is 7. The van der Waals surface area contributed by atoms with Crippen LogP contribution in [-0.4, -0.2) is 48.7 Å². The molecule has 2 fully saturated rings. The van der Waals surface area contributed by atoms with Gasteiger partial charge in [0.05, 0.1) is 5.56 Å². The highest BCUT2D eigenvalue weighted by molar-refractivity contribution is 7.12. The number of thiophene rings is 1. The van der Waals surface area contributed by atoms with Crippen LogP contribution in [0.15, 0.2) is 12.4 Å². The van der Waals surface area contributed by atoms with E-state index in [4.69, 9.17) is 0 Å². The zero-order valence-corrected chi connectivity index (χ0v) is 21.9. The zero-order chi connectivity index (χ0) is 27.5. The average molecular weight is 566 g/mol. The molecule has 0 spiro atoms. The summed E-state index contributed by atoms with van der Waals surface area (Å²) < 4.78 is 56.1. The van der Waals surface area contributed by atoms with Crippen LogP contribution in [0.4, 0.5) is 29.3 Å². The predicted octanol–water partition coefficient (Wildman–Crippen LogP) is 4.39. The fourth-order valence-corrected chi connectivity index (χ4v) is 6.54. The van der Waals surface area contributed by atoms with Crippen molar-refractivity contribution in [3.8, 4) is 0 Å². The van der Waals surface area contributed by atoms with Gasteiger partial charge in [0, 0.05) is 60.1 Å². The van der Waals surface area contributed by atoms with Crippen LogP contribution in [0.5, 0.6) is 0 Å². The SMILES string of the molecule is Cn1nc(C(F)F)cc1Nc1nncn1[C@H]1CCc2sc(CC(=O)C3CC3)c(C(=O)NCC3CC3(F)F)c2C1. The van der Waals surface area contributed by atoms with Gasteiger partial charge in [-0.2, -0.15) is 5.10 Å². The molecule has 39 heavy (non-hydrogen) atoms. The summed E-state index contributed by atoms with van der Waals surface area (Å²) in [6, 6.07) is 1.09. The third-order valence-electron chi connectivity index (χ3n) is 7.70. The Kier molecular flexibility index (Phi) is 6.47. The molecule has 6 rings (SSSR count). The third kappa shape index (κ3) is 5.18. The summed E-state index contributed by atoms with van der Waals surface area (Å²) in [5.41, 5.74) is 0.878. The number of hydrogen-bond donors (Lipinski definition) is 2. The van der Waals surface area contributed by atoms with Crippen LogP contribution in [0.3, 0.4) is 0 Å². The molecule has 0 saturated heterocycles. The lowest BCUT2D eigenvalue weighted by Crippen LogP contribution is -2.29. The van der Waals surface area contributed by atoms with Crippen molar-refractivity contribution in [1.29, 1.82) is 0 Å². The first-order valence-electron chi connectivity index (χ1n) is 12.9. The summed E-state index contributed by atoms with van der Waals surface area (Å²) in [7, 11) is 1.54. The molecule has 1 amide bonds. The van der Waals surface area contributed by atoms with E-state index >= 15 is 0 Å². The largest absolute Gasteiger partial charge is 0.351 e. The van der Waals surface area contributed by atoms with E-state index in [9.17, 15) is 27.2 Å². The molecule has 3 aromatic heterocycles. The van der Waals surface area contributed by atoms with E-state index in [-0.39, 0.29) is 42.8 Å². The van der Waals surface area contributed by atoms with Gasteiger partial charge < -0.3 is 10.6 Å². The molecule has 2 atom stereocenters. The molecule has 14 heteroatoms. The highest BCUT2D eigenvalue weighted by Gasteiger charge is 2.56. The standard InChI is InChI=1S/C25H27F4N7O2S/c1-35-20(7-16(34-35)22(26)27)32-24-33-31-11-36(24)14-4-5-18-15(6-14)21(19(39-18)8-17(37)12-2-3-12)23(38)30-10-13-9-25(13,28)29/h7,11-14,22H,2-6,8-10H2,1H3,(H,30,38)(H,32,33)/t13?,14-/m0/s1. The minimum atomic E-state index is -2.74. The molecule has 208 valence electrons. The van der Waals surface area contributed by atoms with E-state index in [1.165, 1.54) is 22.1 Å². The van der Waals surface area contributed by atoms with Gasteiger partial charge in [-0.05, 0) is 37.7 Å². The minimum absolute atomic E-state index is 0.0428. The molecule has 3 aliphatic carbocycles. The molecule has 0 aromatic carbocycles. The van der Waals surface area contributed by atoms with Gasteiger partial charge in [0.2, 0.25) is 5.95 Å². The van der Waals surface area contributed by atoms with Crippen LogP contribution in [0.25, 0.3) is 0 Å². The molecule has 0 bridgehead atoms. The Bertz CT molecular complexity index is 1430. The molecule has 3 aromatic rings. The number of halogens is 4. The highest BCUT2D eigenvalue weighted by atomic mass is 32.1. The first-order valence-corrected chi connectivity index (χ1v) is 13.7. The number of amides is 1. The second-order valence-electron chi connectivity index (χ2n) is 10.6. The second kappa shape index (κ2) is 9.72. The maximum absolute atomic E-state index is 13.4. The van der Waals surface area contributed by atoms with Gasteiger partial charge in [-0.25, -0.2) is 17.6 Å². The zero-order valence-electron chi connectivity index (χ0n) is 21.1. The Hall–Kier alpha value is -3.29. The predicted molar refractivity (Wildman–Crippen MR) is 134 cm³/mol. The topological polar surface area (TPSA) is 107 Å². The first-order chi connectivity index (χ1) is 18.6. The van der Waals surface area contributed by atoms with Crippen LogP contribution in [-0.2, 0) is 31.1 Å². The molecule has 3 heterocycles. The Morgan fingerprint density at radius 2 is 2.03 bits per heavy atom. The van der Waals surface area contributed by atoms with Crippen molar-refractivity contribution in [2.75, 3.05) is 11.9 Å². The Labute approximate surface area is 225 Å². The summed E-state index contributed by atoms with van der Waals surface area (Å²) in [5.74, 6) is -3.20. The summed E-state index contributed by atoms with van der Waals surface area (Å²) in [4.78, 5) is 27.7. The van der Waals surface area contributed by atoms with Crippen molar-refractivity contribution < 1.29 is 27.2 Å². The van der Waals surface area contributed by atoms with Gasteiger partial charge in [0.25, 0.3) is 18.3 Å². The number of aromatic nitrogens is 5. The molecular formula is C25H27F4N7O2S. The minimum Gasteiger partial charge on any atom is -0.351 e. The number of aryl methyl sites for hydroxylation is 2. The van der Waals surface area contributed by atoms with Gasteiger partial charge >= 0.3 is 0 Å². The number of fused-ring (bicyclic) bond motifs is 1. The lowest BCUT2D eigenvalue weighted by atomic mass is 9.90. The molecule has 9 nitrogen and oxygen atoms in total. The number of carbonyl (C=O) groups is 2. The fourth-order valence-electron chi connectivity index (χ4n) is 5.18. The molecule has 0 aliphatic heterocycles. The van der Waals surface area contributed by atoms with Gasteiger partial charge in [-0.15, -0.1) is 21.5 Å². The van der Waals surface area contributed by atoms with Crippen molar-refractivity contribution in [2.45, 2.75) is 63.3 Å². The van der Waals surface area contributed by atoms with Crippen LogP contribution in [0, 0.1) is 11.8 Å². The molecule has 1 unspecified atom stereocenters. The Balaban J connectivity index is 1.25. The van der Waals surface area contributed by atoms with E-state index in [1.54, 1.807) is 17.9 Å². The van der Waals surface area contributed by atoms with E-state index in [0.29, 0.717) is 41.5 Å². The molecule has 2 saturated carbocycles. The van der Waals surface area contributed by atoms with Crippen LogP contribution < -0.4 is 10.6 Å². The summed E-state index contributed by atoms with van der Waals surface area (Å²) in [6.07, 6.45) is 2.31. The van der Waals surface area contributed by atoms with Crippen LogP contribution in [0.1, 0.15) is 69.5 Å². The normalized spacial score (nSPS) is 21.6. The van der Waals surface area contributed by atoms with Crippen LogP contribution in [0.2, 0.25) is 0 Å². The fraction of sp³-hybridized carbons (Fsp3) is 0.560. The monoisotopic (exact) mass is 565 g/mol. The van der Waals surface area contributed by atoms with Gasteiger partial charge in [-0.3, -0.25) is 18.8 Å². The van der Waals surface area contributed by atoms with Crippen molar-refractivity contribution in [3.63, 3.8) is 0 Å². The van der Waals surface area contributed by atoms with E-state index < -0.39 is 24.2 Å². The van der Waals surface area contributed by atoms with Gasteiger partial charge in [0.1, 0.15) is 23.6 Å². The first kappa shape index (κ1) is 26.0. The Morgan fingerprint density at radius 3 is 2.69 bits per heavy atom. The number of anilines is 2. The summed E-state index contributed by atoms with van der Waals surface area (Å²) in [6.45, 7) is -0.110. The summed E-state index contributed by atoms with van der Waals surface area (Å²) in [5, 5.41) is 17.6. The summed E-state index contributed by atoms with van der Waals surface area (Å²) >= 11 is 1.46. The van der Waals surface area contributed by atoms with E-state index in [1.807, 2.05) is 0 Å². The number of carbonyl (C=O) groups excluding carboxylic acids is 2. The number of alkyl halides is 4. The number of ketones is 1. The maximum Gasteiger partial charge on any atom is 0.282 e. The second-order valence-corrected chi connectivity index (χ2v) is 11.7. The third-order valence-corrected chi connectivity index (χ3v) is 8.99. The highest BCUT2D eigenvalue weighted by Crippen LogP contribution is 2.48. The lowest BCUT2D eigenvalue weighted by molar-refractivity contribution is -0.119. The smallest absolute Gasteiger partial charge is 0.282 e. The van der Waals surface area contributed by atoms with Crippen molar-refractivity contribution in [3.05, 3.63) is 39.0 Å². The van der Waals surface area contributed by atoms with Gasteiger partial charge in [0.15, 0.2) is 0 Å². The average Bonchev–Trinajstić information content (AvgIpc) is 3.67. The number of nitrogens with zero attached hydrogens (tertiary/aromatic N) is 5. The number of nitrogens with one attached hydrogen (secondary N) is 2. The van der Waals surface area contributed by atoms with Crippen molar-refractivity contribution in [2.24, 2.45) is 18.9 Å². The van der Waals surface area contributed by atoms with Crippen LogP contribution >= 0.6 is 11.3 Å². The molecule has 3 aliphatic rings. The van der Waals surface area contributed by atoms with E-state index in [0.717, 1.165) is 23.3 Å². The van der Waals surface area contributed by atoms with Crippen molar-refractivity contribution >= 4 is 34.8 Å². The lowest BCUT2D eigenvalue weighted by Gasteiger charge is -2.25. The maximum atomic E-state index is 13.4. The van der Waals surface area contributed by atoms with Gasteiger partial charge in [-0.1, -0.05) is 0 Å². The Morgan fingerprint density at radius 1 is 1.26 bits per heavy atom. The quantitative estimate of drug-likeness (QED) is 0.353. The van der Waals surface area contributed by atoms with Crippen molar-refractivity contribution in [1.82, 2.24) is 29.9 Å². The molecule has 2 N–H and O–H groups in total. The van der Waals surface area contributed by atoms with E-state index in [2.05, 4.69) is 25.9 Å². The number of Topliss-reactive ketones (excluding diaryl/α,β-unsaturated/α-hetero) is 1.